The molecule has 11 atom stereocenters. The number of aliphatic hydroxyl groups excluding tert-OH is 1. The van der Waals surface area contributed by atoms with Crippen LogP contribution in [0.15, 0.2) is 22.8 Å². The van der Waals surface area contributed by atoms with Crippen molar-refractivity contribution in [2.24, 2.45) is 40.9 Å². The number of carbonyl (C=O) groups is 4. The van der Waals surface area contributed by atoms with Crippen LogP contribution in [0.1, 0.15) is 139 Å². The van der Waals surface area contributed by atoms with Crippen LogP contribution in [0.5, 0.6) is 0 Å². The zero-order valence-corrected chi connectivity index (χ0v) is 33.7. The third-order valence-electron chi connectivity index (χ3n) is 13.3. The summed E-state index contributed by atoms with van der Waals surface area (Å²) in [6.45, 7) is 17.9. The summed E-state index contributed by atoms with van der Waals surface area (Å²) in [6, 6.07) is 0. The van der Waals surface area contributed by atoms with Gasteiger partial charge < -0.3 is 24.4 Å². The normalized spacial score (nSPS) is 41.5. The van der Waals surface area contributed by atoms with Crippen molar-refractivity contribution in [2.75, 3.05) is 13.7 Å². The summed E-state index contributed by atoms with van der Waals surface area (Å²) in [4.78, 5) is 57.7. The fourth-order valence-electron chi connectivity index (χ4n) is 10.0. The number of fused-ring (bicyclic) bond motifs is 5. The van der Waals surface area contributed by atoms with Crippen LogP contribution in [0.3, 0.4) is 0 Å². The van der Waals surface area contributed by atoms with Gasteiger partial charge in [-0.3, -0.25) is 19.2 Å². The van der Waals surface area contributed by atoms with Gasteiger partial charge in [-0.1, -0.05) is 57.8 Å². The molecule has 1 saturated carbocycles. The minimum Gasteiger partial charge on any atom is -0.469 e. The van der Waals surface area contributed by atoms with E-state index in [0.717, 1.165) is 24.0 Å². The van der Waals surface area contributed by atoms with E-state index in [1.165, 1.54) is 7.11 Å². The molecule has 2 aliphatic heterocycles. The van der Waals surface area contributed by atoms with Crippen molar-refractivity contribution in [3.63, 3.8) is 0 Å². The topological polar surface area (TPSA) is 136 Å². The van der Waals surface area contributed by atoms with Gasteiger partial charge in [0.1, 0.15) is 17.3 Å². The predicted octanol–water partition coefficient (Wildman–Crippen LogP) is 7.29. The third-order valence-corrected chi connectivity index (χ3v) is 13.3. The molecule has 2 bridgehead atoms. The fraction of sp³-hybridized carbons (Fsp3) is 0.814. The van der Waals surface area contributed by atoms with E-state index in [0.29, 0.717) is 44.3 Å². The molecule has 9 nitrogen and oxygen atoms in total. The highest BCUT2D eigenvalue weighted by atomic mass is 16.6. The number of Topliss-reactive ketones (excluding diaryl/α,β-unsaturated/α-hetero) is 3. The first-order valence-electron chi connectivity index (χ1n) is 20.0. The molecule has 2 aliphatic carbocycles. The standard InChI is InChI=1S/C43H68O9/c1-11-51-42(9)18-17-37-41(8,49)23-36(47)39-29(7)21-31-34(45)20-26(4)13-12-14-28(6)33(44)22-30(25(2)3)35(46)24-43(31,40(48)50-10)32(39)19-27(5)15-16-38(42)52-37/h19,25-26,28,30-32,36-38,47,49H,11-18,20-24H2,1-10H3/b27-19+/t26-,28+,30-,31+,32-,36+,37+,38-,41-,42+,43+/m0/s1. The summed E-state index contributed by atoms with van der Waals surface area (Å²) in [7, 11) is 1.30. The largest absolute Gasteiger partial charge is 0.469 e. The monoisotopic (exact) mass is 728 g/mol. The summed E-state index contributed by atoms with van der Waals surface area (Å²) in [6.07, 6.45) is 4.73. The molecule has 0 amide bonds. The van der Waals surface area contributed by atoms with Gasteiger partial charge in [-0.05, 0) is 90.6 Å². The van der Waals surface area contributed by atoms with Crippen molar-refractivity contribution >= 4 is 23.3 Å². The van der Waals surface area contributed by atoms with Crippen molar-refractivity contribution in [1.82, 2.24) is 0 Å². The molecule has 0 aromatic carbocycles. The molecular formula is C43H68O9. The SMILES string of the molecule is CCO[C@]1(C)CC[C@H]2O[C@H]1CC/C(C)=C/[C@H]1C(=C(C)C[C@@H]3C(=O)C[C@@H](C)CCC[C@@H](C)C(=O)C[C@@H](C(C)C)C(=O)C[C@@]31C(=O)OC)[C@H](O)C[C@]2(C)O. The summed E-state index contributed by atoms with van der Waals surface area (Å²) >= 11 is 0. The summed E-state index contributed by atoms with van der Waals surface area (Å²) in [5.41, 5.74) is -1.39. The lowest BCUT2D eigenvalue weighted by molar-refractivity contribution is -0.232. The quantitative estimate of drug-likeness (QED) is 0.226. The van der Waals surface area contributed by atoms with E-state index in [1.54, 1.807) is 6.92 Å². The van der Waals surface area contributed by atoms with Crippen LogP contribution in [-0.2, 0) is 33.4 Å². The zero-order chi connectivity index (χ0) is 38.8. The van der Waals surface area contributed by atoms with Gasteiger partial charge in [0.05, 0.1) is 42.0 Å². The Morgan fingerprint density at radius 2 is 1.67 bits per heavy atom. The highest BCUT2D eigenvalue weighted by Gasteiger charge is 2.60. The minimum atomic E-state index is -1.66. The zero-order valence-electron chi connectivity index (χ0n) is 33.7. The van der Waals surface area contributed by atoms with Gasteiger partial charge in [0.2, 0.25) is 0 Å². The molecule has 0 aromatic heterocycles. The lowest BCUT2D eigenvalue weighted by atomic mass is 9.52. The van der Waals surface area contributed by atoms with E-state index >= 15 is 0 Å². The number of rotatable bonds is 4. The highest BCUT2D eigenvalue weighted by Crippen LogP contribution is 2.56. The van der Waals surface area contributed by atoms with E-state index in [-0.39, 0.29) is 73.3 Å². The van der Waals surface area contributed by atoms with Gasteiger partial charge in [0.15, 0.2) is 0 Å². The molecule has 294 valence electrons. The summed E-state index contributed by atoms with van der Waals surface area (Å²) in [5, 5.41) is 24.3. The molecule has 52 heavy (non-hydrogen) atoms. The summed E-state index contributed by atoms with van der Waals surface area (Å²) < 4.78 is 18.5. The molecular weight excluding hydrogens is 660 g/mol. The first kappa shape index (κ1) is 42.5. The number of aliphatic hydroxyl groups is 2. The summed E-state index contributed by atoms with van der Waals surface area (Å²) in [5.74, 6) is -3.67. The van der Waals surface area contributed by atoms with Gasteiger partial charge in [-0.15, -0.1) is 0 Å². The molecule has 0 spiro atoms. The molecule has 2 fully saturated rings. The Balaban J connectivity index is 1.97. The van der Waals surface area contributed by atoms with E-state index in [9.17, 15) is 29.4 Å². The van der Waals surface area contributed by atoms with E-state index in [2.05, 4.69) is 6.92 Å². The second-order valence-corrected chi connectivity index (χ2v) is 17.8. The number of ketones is 3. The number of allylic oxidation sites excluding steroid dienone is 3. The Morgan fingerprint density at radius 1 is 0.981 bits per heavy atom. The van der Waals surface area contributed by atoms with Crippen LogP contribution in [-0.4, -0.2) is 76.8 Å². The number of hydrogen-bond donors (Lipinski definition) is 2. The van der Waals surface area contributed by atoms with Crippen LogP contribution in [0, 0.1) is 40.9 Å². The maximum absolute atomic E-state index is 14.8. The van der Waals surface area contributed by atoms with E-state index < -0.39 is 52.5 Å². The average molecular weight is 729 g/mol. The Kier molecular flexibility index (Phi) is 14.0. The van der Waals surface area contributed by atoms with E-state index in [4.69, 9.17) is 14.2 Å². The Hall–Kier alpha value is -2.20. The van der Waals surface area contributed by atoms with Crippen molar-refractivity contribution in [3.05, 3.63) is 22.8 Å². The smallest absolute Gasteiger partial charge is 0.313 e. The minimum absolute atomic E-state index is 0.0196. The number of carbonyl (C=O) groups excluding carboxylic acids is 4. The van der Waals surface area contributed by atoms with Crippen molar-refractivity contribution in [2.45, 2.75) is 169 Å². The second-order valence-electron chi connectivity index (χ2n) is 17.8. The van der Waals surface area contributed by atoms with Gasteiger partial charge in [-0.25, -0.2) is 0 Å². The molecule has 0 radical (unpaired) electrons. The maximum Gasteiger partial charge on any atom is 0.313 e. The first-order valence-corrected chi connectivity index (χ1v) is 20.0. The van der Waals surface area contributed by atoms with Crippen LogP contribution >= 0.6 is 0 Å². The van der Waals surface area contributed by atoms with Crippen LogP contribution in [0.4, 0.5) is 0 Å². The number of ether oxygens (including phenoxy) is 3. The lowest BCUT2D eigenvalue weighted by Crippen LogP contribution is -2.57. The third kappa shape index (κ3) is 8.84. The van der Waals surface area contributed by atoms with Crippen LogP contribution in [0.25, 0.3) is 0 Å². The second kappa shape index (κ2) is 17.1. The average Bonchev–Trinajstić information content (AvgIpc) is 3.05. The molecule has 2 N–H and O–H groups in total. The van der Waals surface area contributed by atoms with Gasteiger partial charge in [-0.2, -0.15) is 0 Å². The molecule has 0 aromatic rings. The molecule has 4 aliphatic rings. The van der Waals surface area contributed by atoms with Crippen molar-refractivity contribution in [3.8, 4) is 0 Å². The van der Waals surface area contributed by atoms with Crippen molar-refractivity contribution in [1.29, 1.82) is 0 Å². The molecule has 9 heteroatoms. The van der Waals surface area contributed by atoms with Gasteiger partial charge in [0, 0.05) is 56.0 Å². The Labute approximate surface area is 312 Å². The molecule has 0 unspecified atom stereocenters. The Morgan fingerprint density at radius 3 is 2.31 bits per heavy atom. The number of esters is 1. The number of methoxy groups -OCH3 is 1. The van der Waals surface area contributed by atoms with Crippen LogP contribution < -0.4 is 0 Å². The van der Waals surface area contributed by atoms with Crippen molar-refractivity contribution < 1.29 is 43.6 Å². The molecule has 4 rings (SSSR count). The fourth-order valence-corrected chi connectivity index (χ4v) is 10.0. The van der Waals surface area contributed by atoms with E-state index in [1.807, 2.05) is 54.5 Å². The Bertz CT molecular complexity index is 1390. The van der Waals surface area contributed by atoms with Gasteiger partial charge >= 0.3 is 5.97 Å². The lowest BCUT2D eigenvalue weighted by Gasteiger charge is -2.51. The molecule has 1 saturated heterocycles. The highest BCUT2D eigenvalue weighted by molar-refractivity contribution is 5.97. The van der Waals surface area contributed by atoms with Gasteiger partial charge in [0.25, 0.3) is 0 Å². The first-order chi connectivity index (χ1) is 24.3. The number of hydrogen-bond acceptors (Lipinski definition) is 9. The maximum atomic E-state index is 14.8. The van der Waals surface area contributed by atoms with Crippen LogP contribution in [0.2, 0.25) is 0 Å². The predicted molar refractivity (Wildman–Crippen MR) is 200 cm³/mol. The molecule has 2 heterocycles.